The van der Waals surface area contributed by atoms with Crippen LogP contribution in [0.5, 0.6) is 0 Å². The molecule has 2 aromatic rings. The van der Waals surface area contributed by atoms with E-state index in [4.69, 9.17) is 0 Å². The molecule has 0 aliphatic heterocycles. The molecule has 0 radical (unpaired) electrons. The lowest BCUT2D eigenvalue weighted by atomic mass is 10.00. The first-order valence-electron chi connectivity index (χ1n) is 7.86. The van der Waals surface area contributed by atoms with E-state index in [1.54, 1.807) is 0 Å². The second kappa shape index (κ2) is 7.11. The number of carbonyl (C=O) groups excluding carboxylic acids is 1. The largest absolute Gasteiger partial charge is 0.416 e. The van der Waals surface area contributed by atoms with Crippen LogP contribution in [-0.4, -0.2) is 17.4 Å². The lowest BCUT2D eigenvalue weighted by Gasteiger charge is -2.08. The second-order valence-electron chi connectivity index (χ2n) is 5.86. The molecule has 2 N–H and O–H groups in total. The quantitative estimate of drug-likeness (QED) is 0.835. The maximum atomic E-state index is 12.6. The van der Waals surface area contributed by atoms with Crippen LogP contribution in [0, 0.1) is 13.8 Å². The minimum Gasteiger partial charge on any atom is -0.354 e. The first kappa shape index (κ1) is 18.1. The molecule has 0 bridgehead atoms. The maximum Gasteiger partial charge on any atom is 0.416 e. The van der Waals surface area contributed by atoms with Crippen LogP contribution in [-0.2, 0) is 12.6 Å². The van der Waals surface area contributed by atoms with E-state index in [-0.39, 0.29) is 5.91 Å². The van der Waals surface area contributed by atoms with Gasteiger partial charge in [0.2, 0.25) is 0 Å². The van der Waals surface area contributed by atoms with Crippen LogP contribution >= 0.6 is 0 Å². The van der Waals surface area contributed by atoms with Crippen molar-refractivity contribution in [3.05, 3.63) is 57.9 Å². The Bertz CT molecular complexity index is 715. The molecule has 0 aliphatic rings. The van der Waals surface area contributed by atoms with Crippen molar-refractivity contribution in [3.8, 4) is 0 Å². The van der Waals surface area contributed by atoms with E-state index in [9.17, 15) is 18.0 Å². The zero-order chi connectivity index (χ0) is 17.9. The van der Waals surface area contributed by atoms with Crippen LogP contribution < -0.4 is 5.32 Å². The van der Waals surface area contributed by atoms with Crippen molar-refractivity contribution in [3.63, 3.8) is 0 Å². The van der Waals surface area contributed by atoms with Gasteiger partial charge in [-0.2, -0.15) is 13.2 Å². The molecule has 0 atom stereocenters. The van der Waals surface area contributed by atoms with Crippen LogP contribution in [0.4, 0.5) is 13.2 Å². The third-order valence-electron chi connectivity index (χ3n) is 4.02. The summed E-state index contributed by atoms with van der Waals surface area (Å²) >= 11 is 0. The van der Waals surface area contributed by atoms with Gasteiger partial charge in [-0.25, -0.2) is 0 Å². The maximum absolute atomic E-state index is 12.6. The van der Waals surface area contributed by atoms with Gasteiger partial charge in [0.1, 0.15) is 5.69 Å². The molecule has 0 spiro atoms. The van der Waals surface area contributed by atoms with E-state index in [0.29, 0.717) is 18.7 Å². The highest BCUT2D eigenvalue weighted by Crippen LogP contribution is 2.30. The number of hydrogen-bond acceptors (Lipinski definition) is 1. The fraction of sp³-hybridized carbons (Fsp3) is 0.389. The van der Waals surface area contributed by atoms with E-state index in [2.05, 4.69) is 10.3 Å². The number of hydrogen-bond donors (Lipinski definition) is 2. The normalized spacial score (nSPS) is 11.6. The van der Waals surface area contributed by atoms with E-state index in [1.165, 1.54) is 12.1 Å². The highest BCUT2D eigenvalue weighted by molar-refractivity contribution is 5.94. The van der Waals surface area contributed by atoms with E-state index >= 15 is 0 Å². The number of carbonyl (C=O) groups is 1. The third-order valence-corrected chi connectivity index (χ3v) is 4.02. The predicted octanol–water partition coefficient (Wildman–Crippen LogP) is 4.38. The lowest BCUT2D eigenvalue weighted by molar-refractivity contribution is -0.137. The zero-order valence-electron chi connectivity index (χ0n) is 14.0. The molecule has 24 heavy (non-hydrogen) atoms. The average Bonchev–Trinajstić information content (AvgIpc) is 2.80. The fourth-order valence-corrected chi connectivity index (χ4v) is 2.62. The molecule has 1 aromatic heterocycles. The summed E-state index contributed by atoms with van der Waals surface area (Å²) < 4.78 is 37.9. The molecule has 2 rings (SSSR count). The Labute approximate surface area is 139 Å². The second-order valence-corrected chi connectivity index (χ2v) is 5.86. The number of halogens is 3. The summed E-state index contributed by atoms with van der Waals surface area (Å²) in [6, 6.07) is 5.13. The first-order chi connectivity index (χ1) is 11.2. The Morgan fingerprint density at radius 1 is 1.17 bits per heavy atom. The standard InChI is InChI=1S/C18H21F3N2O/c1-4-9-22-17(24)16-11(2)15(12(3)23-16)10-13-5-7-14(8-6-13)18(19,20)21/h5-8,23H,4,9-10H2,1-3H3,(H,22,24). The zero-order valence-corrected chi connectivity index (χ0v) is 14.0. The third kappa shape index (κ3) is 3.99. The number of aromatic nitrogens is 1. The summed E-state index contributed by atoms with van der Waals surface area (Å²) in [5.74, 6) is -0.156. The minimum absolute atomic E-state index is 0.156. The Morgan fingerprint density at radius 2 is 1.79 bits per heavy atom. The van der Waals surface area contributed by atoms with Crippen LogP contribution in [0.25, 0.3) is 0 Å². The molecule has 0 saturated heterocycles. The molecule has 3 nitrogen and oxygen atoms in total. The molecular weight excluding hydrogens is 317 g/mol. The number of nitrogens with one attached hydrogen (secondary N) is 2. The van der Waals surface area contributed by atoms with Crippen molar-refractivity contribution in [1.29, 1.82) is 0 Å². The molecule has 0 aliphatic carbocycles. The lowest BCUT2D eigenvalue weighted by Crippen LogP contribution is -2.25. The van der Waals surface area contributed by atoms with Crippen LogP contribution in [0.1, 0.15) is 51.8 Å². The molecular formula is C18H21F3N2O. The van der Waals surface area contributed by atoms with E-state index < -0.39 is 11.7 Å². The average molecular weight is 338 g/mol. The molecule has 6 heteroatoms. The number of amides is 1. The number of aryl methyl sites for hydroxylation is 1. The molecule has 0 saturated carbocycles. The fourth-order valence-electron chi connectivity index (χ4n) is 2.62. The van der Waals surface area contributed by atoms with Gasteiger partial charge < -0.3 is 10.3 Å². The number of aromatic amines is 1. The summed E-state index contributed by atoms with van der Waals surface area (Å²) in [6.07, 6.45) is -3.00. The van der Waals surface area contributed by atoms with Gasteiger partial charge in [0, 0.05) is 12.2 Å². The predicted molar refractivity (Wildman–Crippen MR) is 87.1 cm³/mol. The van der Waals surface area contributed by atoms with Gasteiger partial charge in [-0.05, 0) is 55.5 Å². The highest BCUT2D eigenvalue weighted by atomic mass is 19.4. The molecule has 0 fully saturated rings. The van der Waals surface area contributed by atoms with Crippen LogP contribution in [0.2, 0.25) is 0 Å². The van der Waals surface area contributed by atoms with Gasteiger partial charge in [-0.3, -0.25) is 4.79 Å². The first-order valence-corrected chi connectivity index (χ1v) is 7.86. The van der Waals surface area contributed by atoms with Crippen molar-refractivity contribution in [1.82, 2.24) is 10.3 Å². The van der Waals surface area contributed by atoms with Gasteiger partial charge in [-0.15, -0.1) is 0 Å². The smallest absolute Gasteiger partial charge is 0.354 e. The van der Waals surface area contributed by atoms with Crippen molar-refractivity contribution in [2.75, 3.05) is 6.54 Å². The molecule has 1 heterocycles. The number of alkyl halides is 3. The summed E-state index contributed by atoms with van der Waals surface area (Å²) in [4.78, 5) is 15.2. The topological polar surface area (TPSA) is 44.9 Å². The minimum atomic E-state index is -4.33. The molecule has 1 amide bonds. The summed E-state index contributed by atoms with van der Waals surface area (Å²) in [5, 5.41) is 2.82. The van der Waals surface area contributed by atoms with E-state index in [0.717, 1.165) is 40.9 Å². The van der Waals surface area contributed by atoms with Crippen LogP contribution in [0.3, 0.4) is 0 Å². The number of rotatable bonds is 5. The number of benzene rings is 1. The Hall–Kier alpha value is -2.24. The molecule has 0 unspecified atom stereocenters. The van der Waals surface area contributed by atoms with E-state index in [1.807, 2.05) is 20.8 Å². The van der Waals surface area contributed by atoms with Crippen LogP contribution in [0.15, 0.2) is 24.3 Å². The van der Waals surface area contributed by atoms with Crippen molar-refractivity contribution < 1.29 is 18.0 Å². The Kier molecular flexibility index (Phi) is 5.36. The SMILES string of the molecule is CCCNC(=O)c1[nH]c(C)c(Cc2ccc(C(F)(F)F)cc2)c1C. The van der Waals surface area contributed by atoms with Gasteiger partial charge >= 0.3 is 6.18 Å². The van der Waals surface area contributed by atoms with Crippen molar-refractivity contribution in [2.45, 2.75) is 39.8 Å². The summed E-state index contributed by atoms with van der Waals surface area (Å²) in [7, 11) is 0. The van der Waals surface area contributed by atoms with Gasteiger partial charge in [0.15, 0.2) is 0 Å². The highest BCUT2D eigenvalue weighted by Gasteiger charge is 2.30. The van der Waals surface area contributed by atoms with Gasteiger partial charge in [0.05, 0.1) is 5.56 Å². The van der Waals surface area contributed by atoms with Crippen molar-refractivity contribution >= 4 is 5.91 Å². The summed E-state index contributed by atoms with van der Waals surface area (Å²) in [5.41, 5.74) is 3.26. The Morgan fingerprint density at radius 3 is 2.33 bits per heavy atom. The number of H-pyrrole nitrogens is 1. The van der Waals surface area contributed by atoms with Crippen molar-refractivity contribution in [2.24, 2.45) is 0 Å². The molecule has 1 aromatic carbocycles. The Balaban J connectivity index is 2.21. The van der Waals surface area contributed by atoms with Gasteiger partial charge in [0.25, 0.3) is 5.91 Å². The monoisotopic (exact) mass is 338 g/mol. The summed E-state index contributed by atoms with van der Waals surface area (Å²) in [6.45, 7) is 6.29. The molecule has 130 valence electrons. The van der Waals surface area contributed by atoms with Gasteiger partial charge in [-0.1, -0.05) is 19.1 Å².